The van der Waals surface area contributed by atoms with Crippen molar-refractivity contribution in [2.24, 2.45) is 5.92 Å². The number of amides is 3. The summed E-state index contributed by atoms with van der Waals surface area (Å²) < 4.78 is 5.36. The van der Waals surface area contributed by atoms with Gasteiger partial charge in [0.1, 0.15) is 5.60 Å². The minimum absolute atomic E-state index is 0.0663. The summed E-state index contributed by atoms with van der Waals surface area (Å²) in [6.45, 7) is 11.9. The second kappa shape index (κ2) is 8.74. The minimum atomic E-state index is -0.546. The number of hydrogen-bond donors (Lipinski definition) is 2. The molecule has 0 radical (unpaired) electrons. The summed E-state index contributed by atoms with van der Waals surface area (Å²) in [5.74, 6) is 0.347. The van der Waals surface area contributed by atoms with Gasteiger partial charge in [0, 0.05) is 18.8 Å². The van der Waals surface area contributed by atoms with Gasteiger partial charge in [-0.25, -0.2) is 9.59 Å². The smallest absolute Gasteiger partial charge is 0.410 e. The van der Waals surface area contributed by atoms with Crippen LogP contribution in [0.1, 0.15) is 47.1 Å². The first-order valence-electron chi connectivity index (χ1n) is 8.59. The molecule has 0 aliphatic rings. The summed E-state index contributed by atoms with van der Waals surface area (Å²) in [4.78, 5) is 25.8. The van der Waals surface area contributed by atoms with E-state index in [9.17, 15) is 9.59 Å². The second-order valence-corrected chi connectivity index (χ2v) is 7.62. The van der Waals surface area contributed by atoms with E-state index in [0.717, 1.165) is 5.56 Å². The SMILES string of the molecule is CC(C)C(C)NC(=O)Nc1ccccc1CN(C)C(=O)OC(C)(C)C. The summed E-state index contributed by atoms with van der Waals surface area (Å²) in [6.07, 6.45) is -0.403. The molecule has 6 heteroatoms. The number of rotatable bonds is 5. The first-order valence-corrected chi connectivity index (χ1v) is 8.59. The number of carbonyl (C=O) groups excluding carboxylic acids is 2. The molecule has 0 saturated carbocycles. The Morgan fingerprint density at radius 1 is 1.16 bits per heavy atom. The van der Waals surface area contributed by atoms with Crippen molar-refractivity contribution in [2.45, 2.75) is 59.7 Å². The van der Waals surface area contributed by atoms with E-state index < -0.39 is 11.7 Å². The number of ether oxygens (including phenoxy) is 1. The van der Waals surface area contributed by atoms with Crippen LogP contribution in [0.2, 0.25) is 0 Å². The molecule has 1 aromatic rings. The van der Waals surface area contributed by atoms with E-state index in [1.165, 1.54) is 4.90 Å². The van der Waals surface area contributed by atoms with Crippen LogP contribution in [0.5, 0.6) is 0 Å². The molecule has 0 fully saturated rings. The van der Waals surface area contributed by atoms with Gasteiger partial charge in [-0.05, 0) is 45.2 Å². The third kappa shape index (κ3) is 7.45. The zero-order valence-corrected chi connectivity index (χ0v) is 16.3. The Kier molecular flexibility index (Phi) is 7.27. The molecular formula is C19H31N3O3. The monoisotopic (exact) mass is 349 g/mol. The van der Waals surface area contributed by atoms with Crippen LogP contribution in [0, 0.1) is 5.92 Å². The Morgan fingerprint density at radius 3 is 2.32 bits per heavy atom. The van der Waals surface area contributed by atoms with E-state index in [1.807, 2.05) is 52.0 Å². The van der Waals surface area contributed by atoms with Gasteiger partial charge in [-0.3, -0.25) is 0 Å². The predicted octanol–water partition coefficient (Wildman–Crippen LogP) is 4.22. The van der Waals surface area contributed by atoms with E-state index in [0.29, 0.717) is 18.2 Å². The lowest BCUT2D eigenvalue weighted by Crippen LogP contribution is -2.39. The van der Waals surface area contributed by atoms with E-state index in [4.69, 9.17) is 4.74 Å². The summed E-state index contributed by atoms with van der Waals surface area (Å²) >= 11 is 0. The minimum Gasteiger partial charge on any atom is -0.444 e. The number of anilines is 1. The summed E-state index contributed by atoms with van der Waals surface area (Å²) in [7, 11) is 1.67. The fourth-order valence-corrected chi connectivity index (χ4v) is 1.97. The van der Waals surface area contributed by atoms with Crippen LogP contribution in [0.4, 0.5) is 15.3 Å². The molecule has 25 heavy (non-hydrogen) atoms. The fraction of sp³-hybridized carbons (Fsp3) is 0.579. The predicted molar refractivity (Wildman–Crippen MR) is 101 cm³/mol. The molecule has 6 nitrogen and oxygen atoms in total. The maximum Gasteiger partial charge on any atom is 0.410 e. The standard InChI is InChI=1S/C19H31N3O3/c1-13(2)14(3)20-17(23)21-16-11-9-8-10-15(16)12-22(7)18(24)25-19(4,5)6/h8-11,13-14H,12H2,1-7H3,(H2,20,21,23). The highest BCUT2D eigenvalue weighted by Crippen LogP contribution is 2.18. The molecule has 1 atom stereocenters. The van der Waals surface area contributed by atoms with Crippen molar-refractivity contribution in [1.29, 1.82) is 0 Å². The molecule has 0 aromatic heterocycles. The number of nitrogens with zero attached hydrogens (tertiary/aromatic N) is 1. The number of carbonyl (C=O) groups is 2. The first-order chi connectivity index (χ1) is 11.5. The van der Waals surface area contributed by atoms with Gasteiger partial charge in [0.05, 0.1) is 6.54 Å². The van der Waals surface area contributed by atoms with Gasteiger partial charge in [-0.15, -0.1) is 0 Å². The molecule has 3 amide bonds. The van der Waals surface area contributed by atoms with Crippen molar-refractivity contribution in [3.05, 3.63) is 29.8 Å². The Labute approximate surface area is 150 Å². The van der Waals surface area contributed by atoms with Gasteiger partial charge in [-0.2, -0.15) is 0 Å². The molecular weight excluding hydrogens is 318 g/mol. The number of nitrogens with one attached hydrogen (secondary N) is 2. The molecule has 1 rings (SSSR count). The number of urea groups is 1. The summed E-state index contributed by atoms with van der Waals surface area (Å²) in [5.41, 5.74) is 0.963. The largest absolute Gasteiger partial charge is 0.444 e. The van der Waals surface area contributed by atoms with Crippen molar-refractivity contribution in [2.75, 3.05) is 12.4 Å². The summed E-state index contributed by atoms with van der Waals surface area (Å²) in [6, 6.07) is 7.22. The van der Waals surface area contributed by atoms with E-state index >= 15 is 0 Å². The van der Waals surface area contributed by atoms with E-state index in [2.05, 4.69) is 24.5 Å². The number of benzene rings is 1. The zero-order chi connectivity index (χ0) is 19.2. The van der Waals surface area contributed by atoms with Crippen molar-refractivity contribution < 1.29 is 14.3 Å². The third-order valence-corrected chi connectivity index (χ3v) is 3.74. The number of para-hydroxylation sites is 1. The highest BCUT2D eigenvalue weighted by Gasteiger charge is 2.20. The van der Waals surface area contributed by atoms with Crippen LogP contribution < -0.4 is 10.6 Å². The van der Waals surface area contributed by atoms with E-state index in [1.54, 1.807) is 7.05 Å². The van der Waals surface area contributed by atoms with Crippen LogP contribution in [0.15, 0.2) is 24.3 Å². The maximum atomic E-state index is 12.2. The molecule has 2 N–H and O–H groups in total. The van der Waals surface area contributed by atoms with Crippen molar-refractivity contribution in [3.8, 4) is 0 Å². The van der Waals surface area contributed by atoms with Gasteiger partial charge >= 0.3 is 12.1 Å². The van der Waals surface area contributed by atoms with Crippen molar-refractivity contribution >= 4 is 17.8 Å². The van der Waals surface area contributed by atoms with Gasteiger partial charge < -0.3 is 20.3 Å². The molecule has 0 spiro atoms. The Balaban J connectivity index is 2.76. The lowest BCUT2D eigenvalue weighted by Gasteiger charge is -2.25. The molecule has 0 heterocycles. The average molecular weight is 349 g/mol. The van der Waals surface area contributed by atoms with Crippen LogP contribution in [-0.2, 0) is 11.3 Å². The Bertz CT molecular complexity index is 594. The van der Waals surface area contributed by atoms with E-state index in [-0.39, 0.29) is 12.1 Å². The van der Waals surface area contributed by atoms with Crippen LogP contribution in [0.3, 0.4) is 0 Å². The highest BCUT2D eigenvalue weighted by atomic mass is 16.6. The molecule has 0 bridgehead atoms. The molecule has 1 aromatic carbocycles. The quantitative estimate of drug-likeness (QED) is 0.836. The average Bonchev–Trinajstić information content (AvgIpc) is 2.47. The highest BCUT2D eigenvalue weighted by molar-refractivity contribution is 5.90. The first kappa shape index (κ1) is 20.8. The third-order valence-electron chi connectivity index (χ3n) is 3.74. The Morgan fingerprint density at radius 2 is 1.76 bits per heavy atom. The van der Waals surface area contributed by atoms with Crippen LogP contribution in [-0.4, -0.2) is 35.7 Å². The molecule has 0 aliphatic carbocycles. The molecule has 1 unspecified atom stereocenters. The zero-order valence-electron chi connectivity index (χ0n) is 16.3. The lowest BCUT2D eigenvalue weighted by atomic mass is 10.1. The Hall–Kier alpha value is -2.24. The van der Waals surface area contributed by atoms with Crippen molar-refractivity contribution in [3.63, 3.8) is 0 Å². The van der Waals surface area contributed by atoms with Gasteiger partial charge in [-0.1, -0.05) is 32.0 Å². The molecule has 140 valence electrons. The van der Waals surface area contributed by atoms with Gasteiger partial charge in [0.2, 0.25) is 0 Å². The van der Waals surface area contributed by atoms with Crippen LogP contribution in [0.25, 0.3) is 0 Å². The normalized spacial score (nSPS) is 12.5. The lowest BCUT2D eigenvalue weighted by molar-refractivity contribution is 0.0285. The van der Waals surface area contributed by atoms with Crippen molar-refractivity contribution in [1.82, 2.24) is 10.2 Å². The summed E-state index contributed by atoms with van der Waals surface area (Å²) in [5, 5.41) is 5.77. The van der Waals surface area contributed by atoms with Crippen LogP contribution >= 0.6 is 0 Å². The molecule has 0 aliphatic heterocycles. The van der Waals surface area contributed by atoms with Gasteiger partial charge in [0.25, 0.3) is 0 Å². The maximum absolute atomic E-state index is 12.2. The fourth-order valence-electron chi connectivity index (χ4n) is 1.97. The number of hydrogen-bond acceptors (Lipinski definition) is 3. The van der Waals surface area contributed by atoms with Gasteiger partial charge in [0.15, 0.2) is 0 Å². The second-order valence-electron chi connectivity index (χ2n) is 7.62. The topological polar surface area (TPSA) is 70.7 Å². The molecule has 0 saturated heterocycles.